The number of aromatic nitrogens is 2. The third kappa shape index (κ3) is 3.78. The molecule has 1 N–H and O–H groups in total. The first-order chi connectivity index (χ1) is 12.8. The van der Waals surface area contributed by atoms with Crippen LogP contribution in [0, 0.1) is 0 Å². The first-order valence-corrected chi connectivity index (χ1v) is 9.77. The van der Waals surface area contributed by atoms with E-state index in [2.05, 4.69) is 39.9 Å². The zero-order valence-corrected chi connectivity index (χ0v) is 15.3. The minimum absolute atomic E-state index is 0.225. The van der Waals surface area contributed by atoms with E-state index in [1.165, 1.54) is 4.88 Å². The quantitative estimate of drug-likeness (QED) is 0.740. The molecule has 1 aliphatic heterocycles. The molecule has 0 radical (unpaired) electrons. The smallest absolute Gasteiger partial charge is 0.223 e. The van der Waals surface area contributed by atoms with Crippen molar-refractivity contribution in [1.29, 1.82) is 0 Å². The number of benzene rings is 1. The van der Waals surface area contributed by atoms with E-state index in [0.717, 1.165) is 41.9 Å². The highest BCUT2D eigenvalue weighted by atomic mass is 32.1. The summed E-state index contributed by atoms with van der Waals surface area (Å²) in [5.41, 5.74) is 4.37. The van der Waals surface area contributed by atoms with Crippen molar-refractivity contribution < 1.29 is 4.79 Å². The zero-order chi connectivity index (χ0) is 17.8. The molecule has 0 saturated carbocycles. The Morgan fingerprint density at radius 1 is 1.19 bits per heavy atom. The number of H-pyrrole nitrogens is 1. The van der Waals surface area contributed by atoms with Gasteiger partial charge in [0.25, 0.3) is 0 Å². The summed E-state index contributed by atoms with van der Waals surface area (Å²) in [5.74, 6) is 0.225. The first-order valence-electron chi connectivity index (χ1n) is 8.89. The van der Waals surface area contributed by atoms with E-state index < -0.39 is 0 Å². The number of hydrogen-bond donors (Lipinski definition) is 1. The van der Waals surface area contributed by atoms with Crippen LogP contribution in [0.2, 0.25) is 0 Å². The van der Waals surface area contributed by atoms with E-state index in [0.29, 0.717) is 13.0 Å². The largest absolute Gasteiger partial charge is 0.338 e. The van der Waals surface area contributed by atoms with Crippen molar-refractivity contribution in [2.75, 3.05) is 6.54 Å². The number of nitrogens with zero attached hydrogens (tertiary/aromatic N) is 2. The highest BCUT2D eigenvalue weighted by molar-refractivity contribution is 7.09. The van der Waals surface area contributed by atoms with E-state index >= 15 is 0 Å². The molecule has 0 spiro atoms. The molecule has 0 aliphatic carbocycles. The molecule has 26 heavy (non-hydrogen) atoms. The van der Waals surface area contributed by atoms with Crippen molar-refractivity contribution in [2.24, 2.45) is 0 Å². The zero-order valence-electron chi connectivity index (χ0n) is 14.5. The molecule has 3 heterocycles. The Hall–Kier alpha value is -2.66. The van der Waals surface area contributed by atoms with Crippen LogP contribution in [0.5, 0.6) is 0 Å². The van der Waals surface area contributed by atoms with Gasteiger partial charge in [0, 0.05) is 42.1 Å². The van der Waals surface area contributed by atoms with Crippen LogP contribution < -0.4 is 0 Å². The van der Waals surface area contributed by atoms with Gasteiger partial charge in [0.2, 0.25) is 5.91 Å². The molecule has 0 atom stereocenters. The number of rotatable bonds is 5. The summed E-state index contributed by atoms with van der Waals surface area (Å²) in [6.45, 7) is 1.41. The predicted molar refractivity (Wildman–Crippen MR) is 106 cm³/mol. The Labute approximate surface area is 157 Å². The third-order valence-corrected chi connectivity index (χ3v) is 5.65. The van der Waals surface area contributed by atoms with E-state index in [9.17, 15) is 4.79 Å². The molecule has 2 aromatic heterocycles. The number of thiophene rings is 1. The van der Waals surface area contributed by atoms with Gasteiger partial charge in [-0.3, -0.25) is 9.89 Å². The number of nitrogens with one attached hydrogen (secondary N) is 1. The lowest BCUT2D eigenvalue weighted by Crippen LogP contribution is -2.36. The summed E-state index contributed by atoms with van der Waals surface area (Å²) in [7, 11) is 0. The van der Waals surface area contributed by atoms with Crippen molar-refractivity contribution >= 4 is 29.4 Å². The second kappa shape index (κ2) is 7.70. The SMILES string of the molecule is O=C(CCc1cccs1)N1CCc2[nH]nc(/C=C/c3ccccc3)c2C1. The number of hydrogen-bond acceptors (Lipinski definition) is 3. The molecule has 4 nitrogen and oxygen atoms in total. The van der Waals surface area contributed by atoms with Crippen molar-refractivity contribution in [1.82, 2.24) is 15.1 Å². The summed E-state index contributed by atoms with van der Waals surface area (Å²) in [6, 6.07) is 14.3. The lowest BCUT2D eigenvalue weighted by atomic mass is 10.0. The lowest BCUT2D eigenvalue weighted by molar-refractivity contribution is -0.132. The molecule has 0 fully saturated rings. The van der Waals surface area contributed by atoms with E-state index in [-0.39, 0.29) is 5.91 Å². The number of amides is 1. The molecule has 0 saturated heterocycles. The minimum Gasteiger partial charge on any atom is -0.338 e. The molecule has 1 amide bonds. The lowest BCUT2D eigenvalue weighted by Gasteiger charge is -2.27. The first kappa shape index (κ1) is 16.8. The third-order valence-electron chi connectivity index (χ3n) is 4.72. The van der Waals surface area contributed by atoms with Gasteiger partial charge in [-0.2, -0.15) is 5.10 Å². The highest BCUT2D eigenvalue weighted by Crippen LogP contribution is 2.23. The molecular formula is C21H21N3OS. The van der Waals surface area contributed by atoms with Gasteiger partial charge >= 0.3 is 0 Å². The molecule has 132 valence electrons. The van der Waals surface area contributed by atoms with E-state index in [4.69, 9.17) is 0 Å². The van der Waals surface area contributed by atoms with Gasteiger partial charge in [-0.25, -0.2) is 0 Å². The molecule has 0 bridgehead atoms. The molecule has 1 aliphatic rings. The van der Waals surface area contributed by atoms with Gasteiger partial charge in [-0.15, -0.1) is 11.3 Å². The fourth-order valence-corrected chi connectivity index (χ4v) is 3.96. The standard InChI is InChI=1S/C21H21N3OS/c25-21(11-9-17-7-4-14-26-17)24-13-12-20-18(15-24)19(22-23-20)10-8-16-5-2-1-3-6-16/h1-8,10,14H,9,11-13,15H2,(H,22,23)/b10-8+. The van der Waals surface area contributed by atoms with Crippen molar-refractivity contribution in [3.8, 4) is 0 Å². The predicted octanol–water partition coefficient (Wildman–Crippen LogP) is 4.16. The number of aryl methyl sites for hydroxylation is 1. The van der Waals surface area contributed by atoms with Gasteiger partial charge in [0.15, 0.2) is 0 Å². The number of fused-ring (bicyclic) bond motifs is 1. The molecule has 3 aromatic rings. The Kier molecular flexibility index (Phi) is 4.97. The summed E-state index contributed by atoms with van der Waals surface area (Å²) < 4.78 is 0. The molecule has 0 unspecified atom stereocenters. The van der Waals surface area contributed by atoms with Gasteiger partial charge in [-0.1, -0.05) is 42.5 Å². The van der Waals surface area contributed by atoms with Crippen molar-refractivity contribution in [3.63, 3.8) is 0 Å². The maximum Gasteiger partial charge on any atom is 0.223 e. The van der Waals surface area contributed by atoms with Crippen LogP contribution in [-0.4, -0.2) is 27.5 Å². The fraction of sp³-hybridized carbons (Fsp3) is 0.238. The van der Waals surface area contributed by atoms with Crippen LogP contribution in [0.4, 0.5) is 0 Å². The van der Waals surface area contributed by atoms with Gasteiger partial charge in [0.1, 0.15) is 0 Å². The van der Waals surface area contributed by atoms with Crippen LogP contribution in [0.1, 0.15) is 33.8 Å². The van der Waals surface area contributed by atoms with Crippen molar-refractivity contribution in [3.05, 3.63) is 75.2 Å². The summed E-state index contributed by atoms with van der Waals surface area (Å²) in [4.78, 5) is 15.8. The topological polar surface area (TPSA) is 49.0 Å². The second-order valence-electron chi connectivity index (χ2n) is 6.45. The normalized spacial score (nSPS) is 13.9. The molecular weight excluding hydrogens is 342 g/mol. The maximum absolute atomic E-state index is 12.6. The van der Waals surface area contributed by atoms with Crippen LogP contribution in [0.25, 0.3) is 12.2 Å². The van der Waals surface area contributed by atoms with Crippen LogP contribution in [-0.2, 0) is 24.2 Å². The van der Waals surface area contributed by atoms with Crippen molar-refractivity contribution in [2.45, 2.75) is 25.8 Å². The summed E-state index contributed by atoms with van der Waals surface area (Å²) in [5, 5.41) is 9.64. The van der Waals surface area contributed by atoms with Gasteiger partial charge < -0.3 is 4.90 Å². The average Bonchev–Trinajstić information content (AvgIpc) is 3.34. The monoisotopic (exact) mass is 363 g/mol. The Balaban J connectivity index is 1.43. The molecule has 4 rings (SSSR count). The number of aromatic amines is 1. The van der Waals surface area contributed by atoms with E-state index in [1.54, 1.807) is 11.3 Å². The Morgan fingerprint density at radius 2 is 2.08 bits per heavy atom. The maximum atomic E-state index is 12.6. The second-order valence-corrected chi connectivity index (χ2v) is 7.49. The van der Waals surface area contributed by atoms with Crippen LogP contribution in [0.3, 0.4) is 0 Å². The van der Waals surface area contributed by atoms with Gasteiger partial charge in [0.05, 0.1) is 5.69 Å². The van der Waals surface area contributed by atoms with E-state index in [1.807, 2.05) is 35.2 Å². The molecule has 1 aromatic carbocycles. The highest BCUT2D eigenvalue weighted by Gasteiger charge is 2.24. The summed E-state index contributed by atoms with van der Waals surface area (Å²) >= 11 is 1.71. The fourth-order valence-electron chi connectivity index (χ4n) is 3.25. The van der Waals surface area contributed by atoms with Crippen LogP contribution in [0.15, 0.2) is 47.8 Å². The summed E-state index contributed by atoms with van der Waals surface area (Å²) in [6.07, 6.45) is 6.33. The van der Waals surface area contributed by atoms with Gasteiger partial charge in [-0.05, 0) is 29.5 Å². The number of carbonyl (C=O) groups excluding carboxylic acids is 1. The Bertz CT molecular complexity index is 897. The minimum atomic E-state index is 0.225. The van der Waals surface area contributed by atoms with Crippen LogP contribution >= 0.6 is 11.3 Å². The molecule has 5 heteroatoms. The average molecular weight is 363 g/mol. The number of carbonyl (C=O) groups is 1. The Morgan fingerprint density at radius 3 is 2.88 bits per heavy atom.